The van der Waals surface area contributed by atoms with Crippen LogP contribution in [0.25, 0.3) is 0 Å². The van der Waals surface area contributed by atoms with Gasteiger partial charge in [0.2, 0.25) is 0 Å². The van der Waals surface area contributed by atoms with Crippen molar-refractivity contribution in [2.75, 3.05) is 0 Å². The maximum absolute atomic E-state index is 11.9. The summed E-state index contributed by atoms with van der Waals surface area (Å²) in [4.78, 5) is 15.9. The molecule has 1 aliphatic rings. The zero-order valence-corrected chi connectivity index (χ0v) is 9.86. The minimum Gasteiger partial charge on any atom is -0.346 e. The van der Waals surface area contributed by atoms with Crippen molar-refractivity contribution >= 4 is 5.91 Å². The molecule has 4 nitrogen and oxygen atoms in total. The van der Waals surface area contributed by atoms with Crippen LogP contribution in [0.2, 0.25) is 0 Å². The predicted molar refractivity (Wildman–Crippen MR) is 63.3 cm³/mol. The lowest BCUT2D eigenvalue weighted by molar-refractivity contribution is 0.0903. The molecular formula is C13H15N3O. The van der Waals surface area contributed by atoms with E-state index in [0.717, 1.165) is 25.7 Å². The molecule has 4 heteroatoms. The molecule has 1 amide bonds. The molecular weight excluding hydrogens is 214 g/mol. The Balaban J connectivity index is 2.07. The third kappa shape index (κ3) is 2.62. The smallest absolute Gasteiger partial charge is 0.270 e. The van der Waals surface area contributed by atoms with E-state index in [0.29, 0.717) is 11.3 Å². The van der Waals surface area contributed by atoms with Crippen LogP contribution in [0, 0.1) is 11.3 Å². The van der Waals surface area contributed by atoms with Gasteiger partial charge in [-0.3, -0.25) is 4.79 Å². The number of nitrogens with zero attached hydrogens (tertiary/aromatic N) is 2. The predicted octanol–water partition coefficient (Wildman–Crippen LogP) is 2.02. The maximum atomic E-state index is 11.9. The summed E-state index contributed by atoms with van der Waals surface area (Å²) in [6.45, 7) is 2.07. The number of nitrogens with one attached hydrogen (secondary N) is 1. The molecule has 0 aliphatic heterocycles. The van der Waals surface area contributed by atoms with Crippen LogP contribution in [0.1, 0.15) is 48.7 Å². The molecule has 0 radical (unpaired) electrons. The summed E-state index contributed by atoms with van der Waals surface area (Å²) >= 11 is 0. The molecule has 1 fully saturated rings. The molecule has 17 heavy (non-hydrogen) atoms. The summed E-state index contributed by atoms with van der Waals surface area (Å²) in [5.41, 5.74) is 0.748. The van der Waals surface area contributed by atoms with Gasteiger partial charge in [0.25, 0.3) is 5.91 Å². The highest BCUT2D eigenvalue weighted by Gasteiger charge is 2.30. The Morgan fingerprint density at radius 3 is 2.71 bits per heavy atom. The van der Waals surface area contributed by atoms with Gasteiger partial charge in [-0.25, -0.2) is 4.98 Å². The molecule has 1 N–H and O–H groups in total. The molecule has 2 rings (SSSR count). The van der Waals surface area contributed by atoms with E-state index in [1.807, 2.05) is 6.07 Å². The lowest BCUT2D eigenvalue weighted by Gasteiger charge is -2.24. The number of hydrogen-bond acceptors (Lipinski definition) is 3. The Hall–Kier alpha value is -1.89. The molecule has 0 atom stereocenters. The first-order valence-electron chi connectivity index (χ1n) is 5.82. The van der Waals surface area contributed by atoms with Gasteiger partial charge < -0.3 is 5.32 Å². The third-order valence-corrected chi connectivity index (χ3v) is 3.25. The number of nitriles is 1. The molecule has 0 unspecified atom stereocenters. The number of hydrogen-bond donors (Lipinski definition) is 1. The van der Waals surface area contributed by atoms with Crippen molar-refractivity contribution in [1.29, 1.82) is 5.26 Å². The van der Waals surface area contributed by atoms with Gasteiger partial charge >= 0.3 is 0 Å². The first-order valence-corrected chi connectivity index (χ1v) is 5.82. The fourth-order valence-electron chi connectivity index (χ4n) is 2.21. The van der Waals surface area contributed by atoms with Crippen LogP contribution in [0.3, 0.4) is 0 Å². The van der Waals surface area contributed by atoms with Gasteiger partial charge in [0.05, 0.1) is 5.56 Å². The molecule has 1 aromatic heterocycles. The SMILES string of the molecule is CC1(NC(=O)c2ccc(C#N)cn2)CCCC1. The van der Waals surface area contributed by atoms with Crippen LogP contribution in [0.4, 0.5) is 0 Å². The zero-order valence-electron chi connectivity index (χ0n) is 9.86. The molecule has 1 aromatic rings. The highest BCUT2D eigenvalue weighted by molar-refractivity contribution is 5.92. The van der Waals surface area contributed by atoms with Crippen molar-refractivity contribution in [3.8, 4) is 6.07 Å². The van der Waals surface area contributed by atoms with Crippen molar-refractivity contribution in [3.05, 3.63) is 29.6 Å². The molecule has 1 aliphatic carbocycles. The first kappa shape index (κ1) is 11.6. The van der Waals surface area contributed by atoms with Gasteiger partial charge in [-0.05, 0) is 31.9 Å². The van der Waals surface area contributed by atoms with Gasteiger partial charge in [-0.1, -0.05) is 12.8 Å². The van der Waals surface area contributed by atoms with Gasteiger partial charge in [0.15, 0.2) is 0 Å². The lowest BCUT2D eigenvalue weighted by Crippen LogP contribution is -2.43. The molecule has 0 aromatic carbocycles. The Morgan fingerprint density at radius 1 is 1.47 bits per heavy atom. The summed E-state index contributed by atoms with van der Waals surface area (Å²) < 4.78 is 0. The van der Waals surface area contributed by atoms with E-state index in [-0.39, 0.29) is 11.4 Å². The third-order valence-electron chi connectivity index (χ3n) is 3.25. The number of pyridine rings is 1. The molecule has 0 saturated heterocycles. The number of carbonyl (C=O) groups is 1. The lowest BCUT2D eigenvalue weighted by atomic mass is 10.0. The number of aromatic nitrogens is 1. The van der Waals surface area contributed by atoms with E-state index in [4.69, 9.17) is 5.26 Å². The Labute approximate surface area is 101 Å². The second kappa shape index (κ2) is 4.54. The molecule has 0 bridgehead atoms. The topological polar surface area (TPSA) is 65.8 Å². The fraction of sp³-hybridized carbons (Fsp3) is 0.462. The second-order valence-corrected chi connectivity index (χ2v) is 4.77. The van der Waals surface area contributed by atoms with Gasteiger partial charge in [0.1, 0.15) is 11.8 Å². The standard InChI is InChI=1S/C13H15N3O/c1-13(6-2-3-7-13)16-12(17)11-5-4-10(8-14)9-15-11/h4-5,9H,2-3,6-7H2,1H3,(H,16,17). The van der Waals surface area contributed by atoms with Crippen LogP contribution < -0.4 is 5.32 Å². The van der Waals surface area contributed by atoms with Crippen LogP contribution >= 0.6 is 0 Å². The minimum atomic E-state index is -0.154. The van der Waals surface area contributed by atoms with Crippen molar-refractivity contribution in [3.63, 3.8) is 0 Å². The molecule has 0 spiro atoms. The molecule has 88 valence electrons. The van der Waals surface area contributed by atoms with E-state index >= 15 is 0 Å². The first-order chi connectivity index (χ1) is 8.13. The summed E-state index contributed by atoms with van der Waals surface area (Å²) in [5, 5.41) is 11.7. The highest BCUT2D eigenvalue weighted by Crippen LogP contribution is 2.28. The average Bonchev–Trinajstić information content (AvgIpc) is 2.76. The number of amides is 1. The van der Waals surface area contributed by atoms with Crippen molar-refractivity contribution in [1.82, 2.24) is 10.3 Å². The zero-order chi connectivity index (χ0) is 12.3. The molecule has 1 heterocycles. The van der Waals surface area contributed by atoms with Crippen LogP contribution in [-0.2, 0) is 0 Å². The quantitative estimate of drug-likeness (QED) is 0.843. The highest BCUT2D eigenvalue weighted by atomic mass is 16.2. The summed E-state index contributed by atoms with van der Waals surface area (Å²) in [5.74, 6) is -0.154. The fourth-order valence-corrected chi connectivity index (χ4v) is 2.21. The van der Waals surface area contributed by atoms with E-state index < -0.39 is 0 Å². The van der Waals surface area contributed by atoms with Crippen molar-refractivity contribution in [2.45, 2.75) is 38.1 Å². The monoisotopic (exact) mass is 229 g/mol. The Bertz CT molecular complexity index is 453. The summed E-state index contributed by atoms with van der Waals surface area (Å²) in [7, 11) is 0. The van der Waals surface area contributed by atoms with E-state index in [2.05, 4.69) is 17.2 Å². The van der Waals surface area contributed by atoms with Crippen LogP contribution in [-0.4, -0.2) is 16.4 Å². The number of carbonyl (C=O) groups excluding carboxylic acids is 1. The number of rotatable bonds is 2. The summed E-state index contributed by atoms with van der Waals surface area (Å²) in [6, 6.07) is 5.18. The molecule has 1 saturated carbocycles. The second-order valence-electron chi connectivity index (χ2n) is 4.77. The maximum Gasteiger partial charge on any atom is 0.270 e. The average molecular weight is 229 g/mol. The largest absolute Gasteiger partial charge is 0.346 e. The van der Waals surface area contributed by atoms with Gasteiger partial charge in [-0.2, -0.15) is 5.26 Å². The van der Waals surface area contributed by atoms with Gasteiger partial charge in [-0.15, -0.1) is 0 Å². The van der Waals surface area contributed by atoms with Crippen molar-refractivity contribution in [2.24, 2.45) is 0 Å². The Kier molecular flexibility index (Phi) is 3.10. The van der Waals surface area contributed by atoms with E-state index in [1.165, 1.54) is 6.20 Å². The summed E-state index contributed by atoms with van der Waals surface area (Å²) in [6.07, 6.45) is 5.80. The van der Waals surface area contributed by atoms with E-state index in [9.17, 15) is 4.79 Å². The van der Waals surface area contributed by atoms with Crippen molar-refractivity contribution < 1.29 is 4.79 Å². The van der Waals surface area contributed by atoms with Crippen LogP contribution in [0.15, 0.2) is 18.3 Å². The van der Waals surface area contributed by atoms with Crippen LogP contribution in [0.5, 0.6) is 0 Å². The van der Waals surface area contributed by atoms with Gasteiger partial charge in [0, 0.05) is 11.7 Å². The van der Waals surface area contributed by atoms with E-state index in [1.54, 1.807) is 12.1 Å². The minimum absolute atomic E-state index is 0.0906. The normalized spacial score (nSPS) is 17.4. The Morgan fingerprint density at radius 2 is 2.18 bits per heavy atom.